The van der Waals surface area contributed by atoms with E-state index in [9.17, 15) is 0 Å². The van der Waals surface area contributed by atoms with Crippen molar-refractivity contribution in [2.24, 2.45) is 0 Å². The third-order valence-corrected chi connectivity index (χ3v) is 2.97. The largest absolute Gasteiger partial charge is 0.299 e. The molecule has 2 N–H and O–H groups in total. The van der Waals surface area contributed by atoms with Crippen molar-refractivity contribution in [1.82, 2.24) is 10.6 Å². The van der Waals surface area contributed by atoms with Crippen LogP contribution < -0.4 is 10.6 Å². The van der Waals surface area contributed by atoms with Crippen molar-refractivity contribution in [2.45, 2.75) is 19.0 Å². The van der Waals surface area contributed by atoms with Crippen molar-refractivity contribution in [3.05, 3.63) is 11.8 Å². The molecule has 0 unspecified atom stereocenters. The predicted molar refractivity (Wildman–Crippen MR) is 50.2 cm³/mol. The second-order valence-electron chi connectivity index (χ2n) is 2.54. The average molecular weight is 158 g/mol. The van der Waals surface area contributed by atoms with Gasteiger partial charge in [-0.2, -0.15) is 0 Å². The zero-order chi connectivity index (χ0) is 8.20. The molecule has 10 heavy (non-hydrogen) atoms. The van der Waals surface area contributed by atoms with Crippen molar-refractivity contribution in [3.8, 4) is 0 Å². The van der Waals surface area contributed by atoms with Crippen molar-refractivity contribution in [2.75, 3.05) is 14.1 Å². The highest BCUT2D eigenvalue weighted by Crippen LogP contribution is 2.11. The molecule has 0 spiro atoms. The van der Waals surface area contributed by atoms with Crippen molar-refractivity contribution >= 4 is 10.2 Å². The van der Waals surface area contributed by atoms with Crippen molar-refractivity contribution < 1.29 is 0 Å². The Hall–Kier alpha value is -0.123. The summed E-state index contributed by atoms with van der Waals surface area (Å²) in [6, 6.07) is 0. The zero-order valence-corrected chi connectivity index (χ0v) is 9.41. The summed E-state index contributed by atoms with van der Waals surface area (Å²) < 4.78 is 0. The van der Waals surface area contributed by atoms with Crippen LogP contribution in [0.25, 0.3) is 0 Å². The minimum atomic E-state index is -0.00772. The topological polar surface area (TPSA) is 24.1 Å². The summed E-state index contributed by atoms with van der Waals surface area (Å²) in [5.74, 6) is 0. The summed E-state index contributed by atoms with van der Waals surface area (Å²) in [5, 5.41) is 7.74. The molecule has 0 atom stereocenters. The number of rotatable bonds is 4. The van der Waals surface area contributed by atoms with Gasteiger partial charge in [0, 0.05) is 10.2 Å². The molecule has 0 heterocycles. The van der Waals surface area contributed by atoms with Crippen LogP contribution in [0.1, 0.15) is 13.3 Å². The van der Waals surface area contributed by atoms with Crippen LogP contribution in [-0.4, -0.2) is 30.0 Å². The fraction of sp³-hybridized carbons (Fsp3) is 0.714. The Morgan fingerprint density at radius 1 is 1.50 bits per heavy atom. The van der Waals surface area contributed by atoms with Crippen LogP contribution in [0.4, 0.5) is 0 Å². The van der Waals surface area contributed by atoms with Gasteiger partial charge in [-0.15, -0.1) is 6.58 Å². The predicted octanol–water partition coefficient (Wildman–Crippen LogP) is -0.589. The molecule has 0 aromatic heterocycles. The number of nitrogens with one attached hydrogen (secondary N) is 2. The Kier molecular flexibility index (Phi) is 3.86. The van der Waals surface area contributed by atoms with E-state index in [1.54, 1.807) is 0 Å². The molecule has 0 aliphatic rings. The van der Waals surface area contributed by atoms with E-state index in [4.69, 9.17) is 0 Å². The van der Waals surface area contributed by atoms with Gasteiger partial charge < -0.3 is 0 Å². The third-order valence-electron chi connectivity index (χ3n) is 2.11. The van der Waals surface area contributed by atoms with E-state index in [2.05, 4.69) is 24.1 Å². The van der Waals surface area contributed by atoms with Crippen molar-refractivity contribution in [3.63, 3.8) is 0 Å². The van der Waals surface area contributed by atoms with Crippen LogP contribution in [0.5, 0.6) is 0 Å². The molecule has 2 nitrogen and oxygen atoms in total. The fourth-order valence-electron chi connectivity index (χ4n) is 1.21. The van der Waals surface area contributed by atoms with E-state index in [1.165, 1.54) is 5.20 Å². The highest BCUT2D eigenvalue weighted by atomic mass is 28.1. The molecule has 0 rings (SSSR count). The molecule has 0 radical (unpaired) electrons. The molecule has 0 fully saturated rings. The molecular formula is C7H18N2Si. The summed E-state index contributed by atoms with van der Waals surface area (Å²) in [4.78, 5) is 0. The highest BCUT2D eigenvalue weighted by Gasteiger charge is 2.23. The minimum Gasteiger partial charge on any atom is -0.299 e. The Morgan fingerprint density at radius 2 is 1.90 bits per heavy atom. The van der Waals surface area contributed by atoms with E-state index in [1.807, 2.05) is 14.1 Å². The molecule has 0 aliphatic heterocycles. The Labute approximate surface area is 66.5 Å². The third kappa shape index (κ3) is 1.68. The van der Waals surface area contributed by atoms with Gasteiger partial charge in [0.25, 0.3) is 0 Å². The second-order valence-corrected chi connectivity index (χ2v) is 3.75. The summed E-state index contributed by atoms with van der Waals surface area (Å²) in [6.45, 7) is 6.13. The van der Waals surface area contributed by atoms with Gasteiger partial charge in [-0.1, -0.05) is 12.1 Å². The van der Waals surface area contributed by atoms with Crippen LogP contribution in [0.3, 0.4) is 0 Å². The van der Waals surface area contributed by atoms with Crippen LogP contribution in [0, 0.1) is 0 Å². The molecule has 0 amide bonds. The Morgan fingerprint density at radius 3 is 1.90 bits per heavy atom. The SMILES string of the molecule is C=C([SiH3])C(CC)(NC)NC. The van der Waals surface area contributed by atoms with Gasteiger partial charge in [-0.05, 0) is 20.5 Å². The standard InChI is InChI=1S/C7H18N2Si/c1-5-7(8-3,9-4)6(2)10/h8-9H,2,5H2,1,3-4,10H3. The summed E-state index contributed by atoms with van der Waals surface area (Å²) in [5.41, 5.74) is -0.00772. The maximum atomic E-state index is 3.98. The van der Waals surface area contributed by atoms with Gasteiger partial charge in [-0.3, -0.25) is 10.6 Å². The maximum absolute atomic E-state index is 3.98. The van der Waals surface area contributed by atoms with Gasteiger partial charge in [0.1, 0.15) is 0 Å². The van der Waals surface area contributed by atoms with Crippen LogP contribution in [0.2, 0.25) is 0 Å². The first kappa shape index (κ1) is 9.88. The number of hydrogen-bond acceptors (Lipinski definition) is 2. The first-order valence-corrected chi connectivity index (χ1v) is 4.66. The van der Waals surface area contributed by atoms with Crippen molar-refractivity contribution in [1.29, 1.82) is 0 Å². The molecular weight excluding hydrogens is 140 g/mol. The van der Waals surface area contributed by atoms with Crippen LogP contribution in [0.15, 0.2) is 11.8 Å². The van der Waals surface area contributed by atoms with Gasteiger partial charge in [0.15, 0.2) is 0 Å². The van der Waals surface area contributed by atoms with E-state index < -0.39 is 0 Å². The van der Waals surface area contributed by atoms with E-state index >= 15 is 0 Å². The monoisotopic (exact) mass is 158 g/mol. The van der Waals surface area contributed by atoms with E-state index in [-0.39, 0.29) is 5.66 Å². The molecule has 0 aliphatic carbocycles. The highest BCUT2D eigenvalue weighted by molar-refractivity contribution is 6.22. The van der Waals surface area contributed by atoms with Gasteiger partial charge in [-0.25, -0.2) is 0 Å². The number of hydrogen-bond donors (Lipinski definition) is 2. The molecule has 0 saturated carbocycles. The lowest BCUT2D eigenvalue weighted by Crippen LogP contribution is -2.54. The van der Waals surface area contributed by atoms with Gasteiger partial charge in [0.05, 0.1) is 5.66 Å². The molecule has 0 saturated heterocycles. The van der Waals surface area contributed by atoms with Gasteiger partial charge in [0.2, 0.25) is 0 Å². The molecule has 60 valence electrons. The molecule has 0 aromatic carbocycles. The van der Waals surface area contributed by atoms with E-state index in [0.717, 1.165) is 16.7 Å². The lowest BCUT2D eigenvalue weighted by Gasteiger charge is -2.32. The normalized spacial score (nSPS) is 11.9. The van der Waals surface area contributed by atoms with Crippen LogP contribution in [-0.2, 0) is 0 Å². The fourth-order valence-corrected chi connectivity index (χ4v) is 2.06. The Bertz CT molecular complexity index is 111. The quantitative estimate of drug-likeness (QED) is 0.422. The molecule has 3 heteroatoms. The summed E-state index contributed by atoms with van der Waals surface area (Å²) >= 11 is 0. The lowest BCUT2D eigenvalue weighted by molar-refractivity contribution is 0.356. The van der Waals surface area contributed by atoms with Gasteiger partial charge >= 0.3 is 0 Å². The summed E-state index contributed by atoms with van der Waals surface area (Å²) in [7, 11) is 4.96. The average Bonchev–Trinajstić information content (AvgIpc) is 1.92. The molecule has 0 bridgehead atoms. The second kappa shape index (κ2) is 3.90. The Balaban J connectivity index is 4.31. The summed E-state index contributed by atoms with van der Waals surface area (Å²) in [6.07, 6.45) is 1.04. The zero-order valence-electron chi connectivity index (χ0n) is 7.41. The minimum absolute atomic E-state index is 0.00772. The first-order chi connectivity index (χ1) is 4.63. The molecule has 0 aromatic rings. The lowest BCUT2D eigenvalue weighted by atomic mass is 10.1. The van der Waals surface area contributed by atoms with E-state index in [0.29, 0.717) is 0 Å². The number of likely N-dealkylation sites (N-methyl/N-ethyl adjacent to an activating group) is 2. The van der Waals surface area contributed by atoms with Crippen LogP contribution >= 0.6 is 0 Å². The maximum Gasteiger partial charge on any atom is 0.0852 e. The first-order valence-electron chi connectivity index (χ1n) is 3.66. The smallest absolute Gasteiger partial charge is 0.0852 e.